The highest BCUT2D eigenvalue weighted by Gasteiger charge is 2.58. The minimum absolute atomic E-state index is 0.292. The van der Waals surface area contributed by atoms with Crippen LogP contribution in [0.5, 0.6) is 0 Å². The molecular weight excluding hydrogens is 1040 g/mol. The van der Waals surface area contributed by atoms with E-state index in [9.17, 15) is 115 Å². The van der Waals surface area contributed by atoms with Crippen molar-refractivity contribution in [2.75, 3.05) is 13.2 Å². The smallest absolute Gasteiger partial charge is 0.397 e. The number of ether oxygens (including phenoxy) is 7. The number of hydrogen-bond acceptors (Lipinski definition) is 28. The average molecular weight is 1070 g/mol. The molecule has 0 unspecified atom stereocenters. The van der Waals surface area contributed by atoms with Gasteiger partial charge in [-0.1, -0.05) is 0 Å². The van der Waals surface area contributed by atoms with Crippen molar-refractivity contribution in [2.45, 2.75) is 110 Å². The third-order valence-corrected chi connectivity index (χ3v) is 11.5. The van der Waals surface area contributed by atoms with Crippen molar-refractivity contribution in [3.05, 3.63) is 11.8 Å². The Morgan fingerprint density at radius 1 is 0.591 bits per heavy atom. The van der Waals surface area contributed by atoms with Crippen LogP contribution in [0.2, 0.25) is 0 Å². The minimum Gasteiger partial charge on any atom is -0.479 e. The van der Waals surface area contributed by atoms with Gasteiger partial charge in [-0.3, -0.25) is 22.8 Å². The summed E-state index contributed by atoms with van der Waals surface area (Å²) in [5, 5.41) is 83.7. The molecule has 37 nitrogen and oxygen atoms in total. The maximum Gasteiger partial charge on any atom is 0.397 e. The molecule has 18 atom stereocenters. The fraction of sp³-hybridized carbons (Fsp3) is 0.833. The van der Waals surface area contributed by atoms with E-state index in [1.165, 1.54) is 9.44 Å². The summed E-state index contributed by atoms with van der Waals surface area (Å²) in [6, 6.07) is -5.07. The molecule has 4 aliphatic heterocycles. The molecule has 4 aliphatic rings. The summed E-state index contributed by atoms with van der Waals surface area (Å²) in [5.74, 6) is -5.58. The van der Waals surface area contributed by atoms with E-state index in [2.05, 4.69) is 12.5 Å². The summed E-state index contributed by atoms with van der Waals surface area (Å²) in [5.41, 5.74) is 0. The lowest BCUT2D eigenvalue weighted by atomic mass is 9.95. The number of rotatable bonds is 20. The predicted molar refractivity (Wildman–Crippen MR) is 189 cm³/mol. The van der Waals surface area contributed by atoms with E-state index in [-0.39, 0.29) is 0 Å². The number of carbonyl (C=O) groups is 2. The quantitative estimate of drug-likeness (QED) is 0.0503. The fourth-order valence-corrected chi connectivity index (χ4v) is 8.91. The molecule has 4 heterocycles. The Morgan fingerprint density at radius 3 is 1.59 bits per heavy atom. The molecule has 0 bridgehead atoms. The number of aliphatic hydroxyl groups is 6. The number of hydrogen-bond donors (Lipinski definition) is 15. The van der Waals surface area contributed by atoms with Crippen molar-refractivity contribution in [3.63, 3.8) is 0 Å². The van der Waals surface area contributed by atoms with Crippen molar-refractivity contribution >= 4 is 63.7 Å². The molecule has 0 aromatic rings. The van der Waals surface area contributed by atoms with E-state index in [1.54, 1.807) is 0 Å². The third kappa shape index (κ3) is 15.2. The topological polar surface area (TPSA) is 584 Å². The van der Waals surface area contributed by atoms with Gasteiger partial charge in [-0.2, -0.15) is 51.5 Å². The van der Waals surface area contributed by atoms with Crippen LogP contribution in [-0.2, 0) is 107 Å². The van der Waals surface area contributed by atoms with Crippen LogP contribution in [0, 0.1) is 0 Å². The summed E-state index contributed by atoms with van der Waals surface area (Å²) in [7, 11) is -28.2. The molecule has 0 aromatic carbocycles. The predicted octanol–water partition coefficient (Wildman–Crippen LogP) is -10.1. The van der Waals surface area contributed by atoms with Gasteiger partial charge in [0.25, 0.3) is 0 Å². The van der Waals surface area contributed by atoms with Gasteiger partial charge in [0.1, 0.15) is 67.0 Å². The molecule has 0 amide bonds. The zero-order valence-electron chi connectivity index (χ0n) is 31.7. The first-order valence-corrected chi connectivity index (χ1v) is 24.2. The molecule has 384 valence electrons. The van der Waals surface area contributed by atoms with Crippen LogP contribution < -0.4 is 9.44 Å². The minimum atomic E-state index is -5.90. The average Bonchev–Trinajstić information content (AvgIpc) is 3.14. The Bertz CT molecular complexity index is 2350. The number of nitrogens with one attached hydrogen (secondary N) is 2. The van der Waals surface area contributed by atoms with Crippen molar-refractivity contribution in [1.29, 1.82) is 0 Å². The van der Waals surface area contributed by atoms with E-state index in [4.69, 9.17) is 33.2 Å². The van der Waals surface area contributed by atoms with E-state index in [1.807, 2.05) is 0 Å². The number of aliphatic carboxylic acids is 2. The zero-order valence-corrected chi connectivity index (χ0v) is 35.8. The van der Waals surface area contributed by atoms with Gasteiger partial charge in [-0.25, -0.2) is 22.1 Å². The SMILES string of the molecule is O=C(O)C1=C[C@H](O)[C@@H](OS(=O)(=O)O)[C@H](O[C@H]2[C@H](O)[C@@H](NS(=O)(=O)O)[C@@H](O[C@H]3[C@H](O)[C@@H](OS(=O)(=O)O)[C@H](O[C@H]4[C@H](O)[C@@H](NS(=O)(=O)O)[C@@H](O)O[C@@H]4CO)O[C@H]3C(=O)O)O[C@@H]2COS(=O)(=O)O)O1. The van der Waals surface area contributed by atoms with Gasteiger partial charge < -0.3 is 74.0 Å². The highest BCUT2D eigenvalue weighted by molar-refractivity contribution is 7.84. The summed E-state index contributed by atoms with van der Waals surface area (Å²) in [6.07, 6.45) is -41.9. The van der Waals surface area contributed by atoms with Gasteiger partial charge >= 0.3 is 63.7 Å². The summed E-state index contributed by atoms with van der Waals surface area (Å²) >= 11 is 0. The molecule has 4 rings (SSSR count). The summed E-state index contributed by atoms with van der Waals surface area (Å²) < 4.78 is 216. The Balaban J connectivity index is 1.78. The highest BCUT2D eigenvalue weighted by atomic mass is 32.3. The fourth-order valence-electron chi connectivity index (χ4n) is 6.44. The van der Waals surface area contributed by atoms with Crippen LogP contribution >= 0.6 is 0 Å². The van der Waals surface area contributed by atoms with Crippen molar-refractivity contribution in [1.82, 2.24) is 9.44 Å². The van der Waals surface area contributed by atoms with Crippen molar-refractivity contribution < 1.29 is 161 Å². The first kappa shape index (κ1) is 55.9. The van der Waals surface area contributed by atoms with Gasteiger partial charge in [0.2, 0.25) is 12.0 Å². The molecule has 0 aliphatic carbocycles. The second kappa shape index (κ2) is 21.1. The Labute approximate surface area is 368 Å². The number of carboxylic acids is 2. The lowest BCUT2D eigenvalue weighted by Crippen LogP contribution is -2.70. The standard InChI is InChI=1S/C24H38N2O35S5/c27-2-6-14(10(29)8(21(36)53-6)25-62(37,38)39)56-24-17(61-66(49,50)51)12(31)16(18(59-24)20(34)35)58-22-9(26-63(40,41)42)11(30)15(7(55-22)3-52-64(43,44)45)57-23-13(60-65(46,47)48)4(28)1-5(54-23)19(32)33/h1,4,6-18,21-31,36H,2-3H2,(H,32,33)(H,34,35)(H,37,38,39)(H,40,41,42)(H,43,44,45)(H,46,47,48)(H,49,50,51)/t4-,6+,7+,8+,9+,10+,11+,12-,13+,14+,15+,16-,17+,18+,21-,22+,23-,24+/m0/s1. The molecule has 42 heteroatoms. The number of carboxylic acid groups (broad SMARTS) is 2. The van der Waals surface area contributed by atoms with Crippen molar-refractivity contribution in [2.24, 2.45) is 0 Å². The van der Waals surface area contributed by atoms with E-state index in [0.717, 1.165) is 0 Å². The molecule has 66 heavy (non-hydrogen) atoms. The number of aliphatic hydroxyl groups excluding tert-OH is 6. The maximum absolute atomic E-state index is 12.6. The maximum atomic E-state index is 12.6. The summed E-state index contributed by atoms with van der Waals surface area (Å²) in [4.78, 5) is 24.3. The van der Waals surface area contributed by atoms with E-state index >= 15 is 0 Å². The molecule has 0 saturated carbocycles. The normalized spacial score (nSPS) is 38.5. The first-order chi connectivity index (χ1) is 30.0. The van der Waals surface area contributed by atoms with Gasteiger partial charge in [0.15, 0.2) is 37.2 Å². The molecular formula is C24H38N2O35S5. The second-order valence-electron chi connectivity index (χ2n) is 13.6. The van der Waals surface area contributed by atoms with Gasteiger partial charge in [0, 0.05) is 0 Å². The van der Waals surface area contributed by atoms with Gasteiger partial charge in [-0.15, -0.1) is 0 Å². The summed E-state index contributed by atoms with van der Waals surface area (Å²) in [6.45, 7) is -2.95. The molecule has 3 saturated heterocycles. The van der Waals surface area contributed by atoms with Crippen LogP contribution in [0.25, 0.3) is 0 Å². The van der Waals surface area contributed by atoms with E-state index < -0.39 is 193 Å². The molecule has 0 aromatic heterocycles. The lowest BCUT2D eigenvalue weighted by molar-refractivity contribution is -0.362. The largest absolute Gasteiger partial charge is 0.479 e. The van der Waals surface area contributed by atoms with Crippen LogP contribution in [0.4, 0.5) is 0 Å². The van der Waals surface area contributed by atoms with Crippen LogP contribution in [0.1, 0.15) is 0 Å². The molecule has 15 N–H and O–H groups in total. The first-order valence-electron chi connectivity index (χ1n) is 17.2. The zero-order chi connectivity index (χ0) is 50.2. The molecule has 0 spiro atoms. The molecule has 3 fully saturated rings. The lowest BCUT2D eigenvalue weighted by Gasteiger charge is -2.49. The second-order valence-corrected chi connectivity index (χ2v) is 19.1. The van der Waals surface area contributed by atoms with Gasteiger partial charge in [0.05, 0.1) is 13.2 Å². The Hall–Kier alpha value is -2.65. The van der Waals surface area contributed by atoms with Crippen LogP contribution in [0.3, 0.4) is 0 Å². The Kier molecular flexibility index (Phi) is 17.9. The Morgan fingerprint density at radius 2 is 1.09 bits per heavy atom. The van der Waals surface area contributed by atoms with Crippen LogP contribution in [0.15, 0.2) is 11.8 Å². The van der Waals surface area contributed by atoms with Crippen molar-refractivity contribution in [3.8, 4) is 0 Å². The monoisotopic (exact) mass is 1070 g/mol. The third-order valence-electron chi connectivity index (χ3n) is 8.98. The van der Waals surface area contributed by atoms with Gasteiger partial charge in [-0.05, 0) is 6.08 Å². The molecule has 0 radical (unpaired) electrons. The van der Waals surface area contributed by atoms with E-state index in [0.29, 0.717) is 6.08 Å². The highest BCUT2D eigenvalue weighted by Crippen LogP contribution is 2.36. The van der Waals surface area contributed by atoms with Crippen LogP contribution in [-0.4, -0.2) is 241 Å².